The number of amides is 1. The SMILES string of the molecule is CCC(CC)(CC)NC(=O)Cn1cc(N)ccc1=O. The molecule has 5 heteroatoms. The van der Waals surface area contributed by atoms with E-state index in [4.69, 9.17) is 5.73 Å². The highest BCUT2D eigenvalue weighted by atomic mass is 16.2. The summed E-state index contributed by atoms with van der Waals surface area (Å²) in [6.45, 7) is 6.17. The Morgan fingerprint density at radius 2 is 1.84 bits per heavy atom. The van der Waals surface area contributed by atoms with E-state index in [-0.39, 0.29) is 23.6 Å². The zero-order chi connectivity index (χ0) is 14.5. The van der Waals surface area contributed by atoms with Gasteiger partial charge in [0.05, 0.1) is 0 Å². The number of carbonyl (C=O) groups excluding carboxylic acids is 1. The first-order valence-electron chi connectivity index (χ1n) is 6.73. The normalized spacial score (nSPS) is 11.3. The minimum absolute atomic E-state index is 0.00558. The van der Waals surface area contributed by atoms with Gasteiger partial charge < -0.3 is 15.6 Å². The van der Waals surface area contributed by atoms with Crippen LogP contribution in [0.3, 0.4) is 0 Å². The lowest BCUT2D eigenvalue weighted by molar-refractivity contribution is -0.123. The third-order valence-corrected chi connectivity index (χ3v) is 3.76. The van der Waals surface area contributed by atoms with E-state index in [9.17, 15) is 9.59 Å². The summed E-state index contributed by atoms with van der Waals surface area (Å²) in [6.07, 6.45) is 4.11. The quantitative estimate of drug-likeness (QED) is 0.818. The van der Waals surface area contributed by atoms with Gasteiger partial charge in [-0.15, -0.1) is 0 Å². The van der Waals surface area contributed by atoms with Gasteiger partial charge in [-0.3, -0.25) is 9.59 Å². The second kappa shape index (κ2) is 6.41. The fraction of sp³-hybridized carbons (Fsp3) is 0.571. The smallest absolute Gasteiger partial charge is 0.251 e. The Bertz CT molecular complexity index is 481. The van der Waals surface area contributed by atoms with Gasteiger partial charge in [0.25, 0.3) is 5.56 Å². The maximum absolute atomic E-state index is 12.1. The van der Waals surface area contributed by atoms with Gasteiger partial charge in [0.2, 0.25) is 5.91 Å². The van der Waals surface area contributed by atoms with E-state index >= 15 is 0 Å². The van der Waals surface area contributed by atoms with Crippen LogP contribution in [0.5, 0.6) is 0 Å². The molecule has 0 saturated heterocycles. The predicted molar refractivity (Wildman–Crippen MR) is 76.9 cm³/mol. The number of hydrogen-bond acceptors (Lipinski definition) is 3. The number of nitrogens with zero attached hydrogens (tertiary/aromatic N) is 1. The number of nitrogen functional groups attached to an aromatic ring is 1. The van der Waals surface area contributed by atoms with Crippen LogP contribution in [0.15, 0.2) is 23.1 Å². The van der Waals surface area contributed by atoms with Gasteiger partial charge in [-0.1, -0.05) is 20.8 Å². The molecule has 1 amide bonds. The monoisotopic (exact) mass is 265 g/mol. The number of anilines is 1. The van der Waals surface area contributed by atoms with Crippen molar-refractivity contribution in [3.05, 3.63) is 28.7 Å². The molecule has 0 aromatic carbocycles. The van der Waals surface area contributed by atoms with Crippen LogP contribution in [-0.2, 0) is 11.3 Å². The largest absolute Gasteiger partial charge is 0.398 e. The Kier molecular flexibility index (Phi) is 5.15. The number of nitrogens with one attached hydrogen (secondary N) is 1. The van der Waals surface area contributed by atoms with Crippen LogP contribution in [0.25, 0.3) is 0 Å². The van der Waals surface area contributed by atoms with Crippen molar-refractivity contribution in [3.63, 3.8) is 0 Å². The molecule has 5 nitrogen and oxygen atoms in total. The van der Waals surface area contributed by atoms with Crippen LogP contribution in [0.2, 0.25) is 0 Å². The van der Waals surface area contributed by atoms with Gasteiger partial charge in [0.15, 0.2) is 0 Å². The van der Waals surface area contributed by atoms with Crippen LogP contribution in [0, 0.1) is 0 Å². The first kappa shape index (κ1) is 15.3. The van der Waals surface area contributed by atoms with E-state index in [1.807, 2.05) is 0 Å². The number of pyridine rings is 1. The maximum Gasteiger partial charge on any atom is 0.251 e. The van der Waals surface area contributed by atoms with Crippen LogP contribution >= 0.6 is 0 Å². The van der Waals surface area contributed by atoms with E-state index in [2.05, 4.69) is 26.1 Å². The minimum atomic E-state index is -0.223. The van der Waals surface area contributed by atoms with Gasteiger partial charge in [0, 0.05) is 23.5 Å². The Hall–Kier alpha value is -1.78. The predicted octanol–water partition coefficient (Wildman–Crippen LogP) is 1.52. The molecule has 0 aliphatic heterocycles. The van der Waals surface area contributed by atoms with Crippen molar-refractivity contribution in [1.29, 1.82) is 0 Å². The summed E-state index contributed by atoms with van der Waals surface area (Å²) in [5.74, 6) is -0.154. The molecule has 19 heavy (non-hydrogen) atoms. The summed E-state index contributed by atoms with van der Waals surface area (Å²) < 4.78 is 1.33. The number of nitrogens with two attached hydrogens (primary N) is 1. The summed E-state index contributed by atoms with van der Waals surface area (Å²) in [7, 11) is 0. The first-order valence-corrected chi connectivity index (χ1v) is 6.73. The van der Waals surface area contributed by atoms with Crippen molar-refractivity contribution in [2.45, 2.75) is 52.1 Å². The topological polar surface area (TPSA) is 77.1 Å². The molecule has 106 valence electrons. The van der Waals surface area contributed by atoms with Gasteiger partial charge in [-0.2, -0.15) is 0 Å². The highest BCUT2D eigenvalue weighted by molar-refractivity contribution is 5.76. The van der Waals surface area contributed by atoms with Crippen molar-refractivity contribution < 1.29 is 4.79 Å². The van der Waals surface area contributed by atoms with Gasteiger partial charge in [-0.05, 0) is 25.3 Å². The molecular formula is C14H23N3O2. The fourth-order valence-electron chi connectivity index (χ4n) is 2.18. The summed E-state index contributed by atoms with van der Waals surface area (Å²) in [5.41, 5.74) is 5.69. The van der Waals surface area contributed by atoms with Gasteiger partial charge in [-0.25, -0.2) is 0 Å². The summed E-state index contributed by atoms with van der Waals surface area (Å²) in [6, 6.07) is 2.90. The second-order valence-electron chi connectivity index (χ2n) is 4.82. The number of rotatable bonds is 6. The lowest BCUT2D eigenvalue weighted by Crippen LogP contribution is -2.48. The zero-order valence-electron chi connectivity index (χ0n) is 11.9. The molecule has 0 radical (unpaired) electrons. The average Bonchev–Trinajstić information content (AvgIpc) is 2.40. The molecule has 0 atom stereocenters. The van der Waals surface area contributed by atoms with Crippen LogP contribution in [0.4, 0.5) is 5.69 Å². The van der Waals surface area contributed by atoms with Gasteiger partial charge in [0.1, 0.15) is 6.54 Å². The van der Waals surface area contributed by atoms with E-state index in [1.165, 1.54) is 22.9 Å². The number of hydrogen-bond donors (Lipinski definition) is 2. The Morgan fingerprint density at radius 3 is 2.37 bits per heavy atom. The third kappa shape index (κ3) is 3.84. The molecule has 0 aliphatic carbocycles. The molecule has 1 aromatic rings. The number of carbonyl (C=O) groups is 1. The van der Waals surface area contributed by atoms with Crippen LogP contribution in [-0.4, -0.2) is 16.0 Å². The van der Waals surface area contributed by atoms with E-state index in [0.29, 0.717) is 5.69 Å². The average molecular weight is 265 g/mol. The van der Waals surface area contributed by atoms with Crippen molar-refractivity contribution in [3.8, 4) is 0 Å². The molecule has 0 unspecified atom stereocenters. The second-order valence-corrected chi connectivity index (χ2v) is 4.82. The van der Waals surface area contributed by atoms with Crippen LogP contribution in [0.1, 0.15) is 40.0 Å². The standard InChI is InChI=1S/C14H23N3O2/c1-4-14(5-2,6-3)16-12(18)10-17-9-11(15)7-8-13(17)19/h7-9H,4-6,10,15H2,1-3H3,(H,16,18). The lowest BCUT2D eigenvalue weighted by Gasteiger charge is -2.31. The molecule has 0 bridgehead atoms. The number of aromatic nitrogens is 1. The summed E-state index contributed by atoms with van der Waals surface area (Å²) in [4.78, 5) is 23.7. The molecular weight excluding hydrogens is 242 g/mol. The molecule has 1 aromatic heterocycles. The molecule has 0 fully saturated rings. The van der Waals surface area contributed by atoms with Crippen molar-refractivity contribution in [2.75, 3.05) is 5.73 Å². The lowest BCUT2D eigenvalue weighted by atomic mass is 9.90. The van der Waals surface area contributed by atoms with Crippen molar-refractivity contribution >= 4 is 11.6 Å². The molecule has 1 rings (SSSR count). The first-order chi connectivity index (χ1) is 8.96. The maximum atomic E-state index is 12.1. The van der Waals surface area contributed by atoms with E-state index in [1.54, 1.807) is 0 Å². The Morgan fingerprint density at radius 1 is 1.26 bits per heavy atom. The molecule has 0 aliphatic rings. The third-order valence-electron chi connectivity index (χ3n) is 3.76. The van der Waals surface area contributed by atoms with Crippen molar-refractivity contribution in [2.24, 2.45) is 0 Å². The van der Waals surface area contributed by atoms with E-state index < -0.39 is 0 Å². The fourth-order valence-corrected chi connectivity index (χ4v) is 2.18. The molecule has 1 heterocycles. The van der Waals surface area contributed by atoms with Crippen molar-refractivity contribution in [1.82, 2.24) is 9.88 Å². The highest BCUT2D eigenvalue weighted by Crippen LogP contribution is 2.19. The summed E-state index contributed by atoms with van der Waals surface area (Å²) in [5, 5.41) is 3.04. The van der Waals surface area contributed by atoms with Crippen LogP contribution < -0.4 is 16.6 Å². The molecule has 0 spiro atoms. The molecule has 0 saturated carbocycles. The van der Waals surface area contributed by atoms with Gasteiger partial charge >= 0.3 is 0 Å². The Balaban J connectivity index is 2.80. The summed E-state index contributed by atoms with van der Waals surface area (Å²) >= 11 is 0. The minimum Gasteiger partial charge on any atom is -0.398 e. The Labute approximate surface area is 113 Å². The van der Waals surface area contributed by atoms with E-state index in [0.717, 1.165) is 19.3 Å². The highest BCUT2D eigenvalue weighted by Gasteiger charge is 2.25. The zero-order valence-corrected chi connectivity index (χ0v) is 11.9. The molecule has 3 N–H and O–H groups in total.